The maximum absolute atomic E-state index is 13.3. The highest BCUT2D eigenvalue weighted by Gasteiger charge is 2.29. The summed E-state index contributed by atoms with van der Waals surface area (Å²) in [6.45, 7) is 12.1. The number of piperidine rings is 1. The molecule has 0 aliphatic carbocycles. The number of rotatable bonds is 27. The highest BCUT2D eigenvalue weighted by atomic mass is 32.1. The Kier molecular flexibility index (Phi) is 18.4. The number of nitrogens with two attached hydrogens (primary N) is 1. The quantitative estimate of drug-likeness (QED) is 0.0370. The number of benzene rings is 4. The lowest BCUT2D eigenvalue weighted by atomic mass is 10.0. The second-order valence-corrected chi connectivity index (χ2v) is 19.2. The molecule has 1 atom stereocenters. The zero-order chi connectivity index (χ0) is 52.6. The van der Waals surface area contributed by atoms with E-state index in [1.54, 1.807) is 36.2 Å². The number of likely N-dealkylation sites (tertiary alicyclic amines) is 1. The van der Waals surface area contributed by atoms with Crippen LogP contribution < -0.4 is 15.8 Å². The van der Waals surface area contributed by atoms with Gasteiger partial charge in [0.1, 0.15) is 24.1 Å². The topological polar surface area (TPSA) is 192 Å². The maximum atomic E-state index is 13.3. The molecule has 4 aromatic carbocycles. The van der Waals surface area contributed by atoms with Crippen molar-refractivity contribution in [1.82, 2.24) is 39.6 Å². The molecule has 3 N–H and O–H groups in total. The van der Waals surface area contributed by atoms with Gasteiger partial charge in [0.05, 0.1) is 88.0 Å². The Morgan fingerprint density at radius 3 is 2.33 bits per heavy atom. The molecule has 76 heavy (non-hydrogen) atoms. The highest BCUT2D eigenvalue weighted by Crippen LogP contribution is 2.35. The van der Waals surface area contributed by atoms with Gasteiger partial charge < -0.3 is 39.6 Å². The first-order valence-corrected chi connectivity index (χ1v) is 26.5. The summed E-state index contributed by atoms with van der Waals surface area (Å²) < 4.78 is 34.3. The number of thiophene rings is 1. The van der Waals surface area contributed by atoms with Crippen molar-refractivity contribution in [3.05, 3.63) is 156 Å². The Bertz CT molecular complexity index is 3270. The van der Waals surface area contributed by atoms with E-state index >= 15 is 0 Å². The zero-order valence-corrected chi connectivity index (χ0v) is 43.5. The summed E-state index contributed by atoms with van der Waals surface area (Å²) in [7, 11) is 0. The molecule has 1 aliphatic heterocycles. The van der Waals surface area contributed by atoms with Crippen molar-refractivity contribution in [2.75, 3.05) is 65.9 Å². The van der Waals surface area contributed by atoms with E-state index in [4.69, 9.17) is 34.5 Å². The molecule has 9 rings (SSSR count). The van der Waals surface area contributed by atoms with Crippen LogP contribution in [0.1, 0.15) is 46.4 Å². The third kappa shape index (κ3) is 13.4. The highest BCUT2D eigenvalue weighted by molar-refractivity contribution is 7.13. The number of fused-ring (bicyclic) bond motifs is 3. The first-order chi connectivity index (χ1) is 37.2. The molecule has 4 aromatic heterocycles. The van der Waals surface area contributed by atoms with E-state index in [2.05, 4.69) is 64.0 Å². The van der Waals surface area contributed by atoms with Gasteiger partial charge >= 0.3 is 0 Å². The SMILES string of the molecule is C=CC(=O)n1c2ccc(CNCCOCCOCCOCCOCCn3cc(COc4ccc(-c5nn(-c6ccccc6)cc5/C=C/C(=O)N5CCCCC5C(N)=O)cc4C)nn3)cc2c2ccc(-c3cccs3)cc21. The van der Waals surface area contributed by atoms with Gasteiger partial charge in [0, 0.05) is 58.7 Å². The minimum atomic E-state index is -0.601. The number of aryl methyl sites for hydroxylation is 1. The molecule has 5 heterocycles. The van der Waals surface area contributed by atoms with Crippen molar-refractivity contribution in [3.63, 3.8) is 0 Å². The number of allylic oxidation sites excluding steroid dienone is 1. The van der Waals surface area contributed by atoms with Crippen molar-refractivity contribution < 1.29 is 38.1 Å². The number of primary amides is 1. The fourth-order valence-corrected chi connectivity index (χ4v) is 9.94. The third-order valence-corrected chi connectivity index (χ3v) is 14.0. The Balaban J connectivity index is 0.631. The van der Waals surface area contributed by atoms with Gasteiger partial charge in [-0.15, -0.1) is 16.4 Å². The van der Waals surface area contributed by atoms with E-state index in [9.17, 15) is 14.4 Å². The Hall–Kier alpha value is -7.58. The van der Waals surface area contributed by atoms with Gasteiger partial charge in [-0.2, -0.15) is 5.10 Å². The maximum Gasteiger partial charge on any atom is 0.254 e. The number of nitrogens with zero attached hydrogens (tertiary/aromatic N) is 7. The second kappa shape index (κ2) is 26.3. The molecular weight excluding hydrogens is 983 g/mol. The molecule has 394 valence electrons. The van der Waals surface area contributed by atoms with Crippen LogP contribution in [-0.2, 0) is 48.2 Å². The number of carbonyl (C=O) groups excluding carboxylic acids is 3. The molecule has 0 saturated carbocycles. The van der Waals surface area contributed by atoms with Gasteiger partial charge in [-0.05, 0) is 115 Å². The number of carbonyl (C=O) groups is 3. The van der Waals surface area contributed by atoms with E-state index < -0.39 is 11.9 Å². The van der Waals surface area contributed by atoms with Crippen molar-refractivity contribution in [1.29, 1.82) is 0 Å². The molecule has 2 amide bonds. The minimum Gasteiger partial charge on any atom is -0.487 e. The van der Waals surface area contributed by atoms with Crippen molar-refractivity contribution in [3.8, 4) is 33.1 Å². The lowest BCUT2D eigenvalue weighted by Crippen LogP contribution is -2.49. The van der Waals surface area contributed by atoms with E-state index in [1.165, 1.54) is 12.2 Å². The van der Waals surface area contributed by atoms with Crippen LogP contribution in [0.15, 0.2) is 134 Å². The molecule has 0 spiro atoms. The van der Waals surface area contributed by atoms with Gasteiger partial charge in [-0.25, -0.2) is 9.36 Å². The minimum absolute atomic E-state index is 0.150. The Labute approximate surface area is 445 Å². The number of nitrogens with one attached hydrogen (secondary N) is 1. The molecule has 1 unspecified atom stereocenters. The standard InChI is InChI=1S/C58H63N9O8S/c1-3-55(68)67-50-19-14-42(35-49(50)48-18-15-43(36-52(48)67)54-13-9-33-76-54)37-60-22-25-71-27-29-73-31-32-74-30-28-72-26-24-64-39-46(61-63-64)40-75-53-20-16-44(34-41(53)2)57-45(38-66(62-57)47-10-5-4-6-11-47)17-21-56(69)65-23-8-7-12-51(65)58(59)70/h3-6,9-11,13-21,33-36,38-39,51,60H,1,7-8,12,22-32,37,40H2,2H3,(H2,59,70)/b21-17+. The number of amides is 2. The molecule has 1 fully saturated rings. The summed E-state index contributed by atoms with van der Waals surface area (Å²) >= 11 is 1.68. The molecule has 17 nitrogen and oxygen atoms in total. The van der Waals surface area contributed by atoms with Gasteiger partial charge in [0.25, 0.3) is 5.91 Å². The normalized spacial score (nSPS) is 13.8. The molecule has 0 radical (unpaired) electrons. The molecule has 8 aromatic rings. The summed E-state index contributed by atoms with van der Waals surface area (Å²) in [5.74, 6) is -0.195. The molecule has 1 aliphatic rings. The summed E-state index contributed by atoms with van der Waals surface area (Å²) in [4.78, 5) is 41.1. The van der Waals surface area contributed by atoms with Gasteiger partial charge in [0.2, 0.25) is 11.8 Å². The van der Waals surface area contributed by atoms with Crippen molar-refractivity contribution >= 4 is 56.9 Å². The van der Waals surface area contributed by atoms with Crippen molar-refractivity contribution in [2.45, 2.75) is 51.9 Å². The third-order valence-electron chi connectivity index (χ3n) is 13.1. The first kappa shape index (κ1) is 53.3. The summed E-state index contributed by atoms with van der Waals surface area (Å²) in [6.07, 6.45) is 10.6. The average Bonchev–Trinajstić information content (AvgIpc) is 4.30. The van der Waals surface area contributed by atoms with E-state index in [0.29, 0.717) is 103 Å². The number of ether oxygens (including phenoxy) is 5. The van der Waals surface area contributed by atoms with E-state index in [1.807, 2.05) is 80.0 Å². The number of para-hydroxylation sites is 1. The van der Waals surface area contributed by atoms with Gasteiger partial charge in [0.15, 0.2) is 0 Å². The van der Waals surface area contributed by atoms with Crippen LogP contribution in [0.4, 0.5) is 0 Å². The van der Waals surface area contributed by atoms with Crippen LogP contribution in [0.2, 0.25) is 0 Å². The summed E-state index contributed by atoms with van der Waals surface area (Å²) in [5.41, 5.74) is 14.3. The van der Waals surface area contributed by atoms with Crippen LogP contribution >= 0.6 is 11.3 Å². The van der Waals surface area contributed by atoms with E-state index in [-0.39, 0.29) is 18.4 Å². The fraction of sp³-hybridized carbons (Fsp3) is 0.310. The first-order valence-electron chi connectivity index (χ1n) is 25.6. The van der Waals surface area contributed by atoms with Gasteiger partial charge in [-0.1, -0.05) is 54.3 Å². The molecule has 1 saturated heterocycles. The number of hydrogen-bond donors (Lipinski definition) is 2. The smallest absolute Gasteiger partial charge is 0.254 e. The lowest BCUT2D eigenvalue weighted by molar-refractivity contribution is -0.137. The van der Waals surface area contributed by atoms with Gasteiger partial charge in [-0.3, -0.25) is 19.0 Å². The predicted molar refractivity (Wildman–Crippen MR) is 294 cm³/mol. The van der Waals surface area contributed by atoms with Crippen LogP contribution in [0.25, 0.3) is 55.3 Å². The fourth-order valence-electron chi connectivity index (χ4n) is 9.22. The van der Waals surface area contributed by atoms with Crippen molar-refractivity contribution in [2.24, 2.45) is 5.73 Å². The molecular formula is C58H63N9O8S. The van der Waals surface area contributed by atoms with Crippen LogP contribution in [0.3, 0.4) is 0 Å². The summed E-state index contributed by atoms with van der Waals surface area (Å²) in [6, 6.07) is 31.6. The average molecular weight is 1050 g/mol. The number of hydrogen-bond acceptors (Lipinski definition) is 13. The van der Waals surface area contributed by atoms with Crippen LogP contribution in [0, 0.1) is 6.92 Å². The Morgan fingerprint density at radius 1 is 0.803 bits per heavy atom. The molecule has 18 heteroatoms. The lowest BCUT2D eigenvalue weighted by Gasteiger charge is -2.32. The zero-order valence-electron chi connectivity index (χ0n) is 42.7. The monoisotopic (exact) mass is 1050 g/mol. The largest absolute Gasteiger partial charge is 0.487 e. The second-order valence-electron chi connectivity index (χ2n) is 18.3. The Morgan fingerprint density at radius 2 is 1.58 bits per heavy atom. The van der Waals surface area contributed by atoms with Crippen LogP contribution in [0.5, 0.6) is 5.75 Å². The van der Waals surface area contributed by atoms with Crippen LogP contribution in [-0.4, -0.2) is 124 Å². The molecule has 0 bridgehead atoms. The van der Waals surface area contributed by atoms with E-state index in [0.717, 1.165) is 73.0 Å². The summed E-state index contributed by atoms with van der Waals surface area (Å²) in [5, 5.41) is 21.0. The predicted octanol–water partition coefficient (Wildman–Crippen LogP) is 8.42. The number of aromatic nitrogens is 6.